The third kappa shape index (κ3) is 4.76. The van der Waals surface area contributed by atoms with Crippen LogP contribution in [-0.4, -0.2) is 33.5 Å². The number of nitrogens with one attached hydrogen (secondary N) is 1. The molecule has 1 aromatic rings. The number of hydrogen-bond donors (Lipinski definition) is 1. The molecule has 4 nitrogen and oxygen atoms in total. The first-order valence-corrected chi connectivity index (χ1v) is 7.54. The molecule has 1 atom stereocenters. The molecule has 0 heterocycles. The van der Waals surface area contributed by atoms with Gasteiger partial charge in [0.05, 0.1) is 13.7 Å². The summed E-state index contributed by atoms with van der Waals surface area (Å²) < 4.78 is 16.7. The lowest BCUT2D eigenvalue weighted by molar-refractivity contribution is 0.198. The van der Waals surface area contributed by atoms with E-state index in [1.807, 2.05) is 12.1 Å². The Morgan fingerprint density at radius 1 is 1.29 bits per heavy atom. The predicted molar refractivity (Wildman–Crippen MR) is 84.0 cm³/mol. The molecule has 0 amide bonds. The number of methoxy groups -OCH3 is 2. The molecule has 1 N–H and O–H groups in total. The molecule has 0 spiro atoms. The second kappa shape index (κ2) is 8.70. The van der Waals surface area contributed by atoms with Crippen LogP contribution in [0.15, 0.2) is 30.4 Å². The van der Waals surface area contributed by atoms with Crippen LogP contribution in [0.4, 0.5) is 0 Å². The molecule has 0 fully saturated rings. The van der Waals surface area contributed by atoms with Crippen LogP contribution in [-0.2, 0) is 11.3 Å². The number of rotatable bonds is 8. The van der Waals surface area contributed by atoms with Crippen LogP contribution in [0.1, 0.15) is 24.8 Å². The van der Waals surface area contributed by atoms with Gasteiger partial charge in [-0.3, -0.25) is 0 Å². The molecule has 1 aliphatic rings. The van der Waals surface area contributed by atoms with Crippen molar-refractivity contribution in [3.05, 3.63) is 35.9 Å². The van der Waals surface area contributed by atoms with Gasteiger partial charge in [-0.2, -0.15) is 0 Å². The summed E-state index contributed by atoms with van der Waals surface area (Å²) in [6.45, 7) is 2.26. The fraction of sp³-hybridized carbons (Fsp3) is 0.529. The van der Waals surface area contributed by atoms with Crippen molar-refractivity contribution in [3.63, 3.8) is 0 Å². The minimum Gasteiger partial charge on any atom is -0.493 e. The van der Waals surface area contributed by atoms with Crippen molar-refractivity contribution in [1.29, 1.82) is 0 Å². The van der Waals surface area contributed by atoms with E-state index in [0.29, 0.717) is 6.61 Å². The quantitative estimate of drug-likeness (QED) is 0.590. The SMILES string of the molecule is COCCNCc1cccc(OC)c1OC1C=CCCC1. The highest BCUT2D eigenvalue weighted by molar-refractivity contribution is 5.47. The van der Waals surface area contributed by atoms with Crippen molar-refractivity contribution in [2.24, 2.45) is 0 Å². The molecule has 0 aliphatic heterocycles. The number of para-hydroxylation sites is 1. The minimum absolute atomic E-state index is 0.146. The second-order valence-corrected chi connectivity index (χ2v) is 5.13. The predicted octanol–water partition coefficient (Wildman–Crippen LogP) is 2.92. The first-order valence-electron chi connectivity index (χ1n) is 7.54. The van der Waals surface area contributed by atoms with E-state index in [4.69, 9.17) is 14.2 Å². The maximum Gasteiger partial charge on any atom is 0.166 e. The van der Waals surface area contributed by atoms with E-state index in [1.165, 1.54) is 6.42 Å². The largest absolute Gasteiger partial charge is 0.493 e. The van der Waals surface area contributed by atoms with Crippen molar-refractivity contribution in [2.75, 3.05) is 27.4 Å². The lowest BCUT2D eigenvalue weighted by Gasteiger charge is -2.22. The van der Waals surface area contributed by atoms with E-state index in [2.05, 4.69) is 23.5 Å². The van der Waals surface area contributed by atoms with E-state index >= 15 is 0 Å². The molecule has 116 valence electrons. The molecule has 1 unspecified atom stereocenters. The van der Waals surface area contributed by atoms with Gasteiger partial charge in [-0.05, 0) is 31.4 Å². The lowest BCUT2D eigenvalue weighted by Crippen LogP contribution is -2.21. The Labute approximate surface area is 127 Å². The highest BCUT2D eigenvalue weighted by Gasteiger charge is 2.16. The minimum atomic E-state index is 0.146. The maximum atomic E-state index is 6.18. The summed E-state index contributed by atoms with van der Waals surface area (Å²) in [7, 11) is 3.39. The zero-order chi connectivity index (χ0) is 14.9. The first kappa shape index (κ1) is 15.9. The number of ether oxygens (including phenoxy) is 3. The highest BCUT2D eigenvalue weighted by atomic mass is 16.5. The molecule has 0 aromatic heterocycles. The molecule has 4 heteroatoms. The van der Waals surface area contributed by atoms with E-state index in [9.17, 15) is 0 Å². The smallest absolute Gasteiger partial charge is 0.166 e. The number of benzene rings is 1. The Kier molecular flexibility index (Phi) is 6.57. The summed E-state index contributed by atoms with van der Waals surface area (Å²) in [6, 6.07) is 6.01. The van der Waals surface area contributed by atoms with Crippen LogP contribution in [0.3, 0.4) is 0 Å². The summed E-state index contributed by atoms with van der Waals surface area (Å²) in [5, 5.41) is 3.35. The van der Waals surface area contributed by atoms with Gasteiger partial charge in [0.2, 0.25) is 0 Å². The first-order chi connectivity index (χ1) is 10.3. The molecule has 2 rings (SSSR count). The average Bonchev–Trinajstić information content (AvgIpc) is 2.53. The van der Waals surface area contributed by atoms with Crippen molar-refractivity contribution in [1.82, 2.24) is 5.32 Å². The van der Waals surface area contributed by atoms with Crippen LogP contribution in [0.2, 0.25) is 0 Å². The molecule has 0 saturated heterocycles. The Morgan fingerprint density at radius 3 is 2.90 bits per heavy atom. The van der Waals surface area contributed by atoms with Gasteiger partial charge < -0.3 is 19.5 Å². The monoisotopic (exact) mass is 291 g/mol. The third-order valence-electron chi connectivity index (χ3n) is 3.56. The Balaban J connectivity index is 2.07. The molecule has 0 bridgehead atoms. The molecule has 0 radical (unpaired) electrons. The van der Waals surface area contributed by atoms with Crippen LogP contribution in [0.25, 0.3) is 0 Å². The molecule has 0 saturated carbocycles. The van der Waals surface area contributed by atoms with Crippen molar-refractivity contribution in [3.8, 4) is 11.5 Å². The molecule has 1 aromatic carbocycles. The summed E-state index contributed by atoms with van der Waals surface area (Å²) in [6.07, 6.45) is 7.88. The standard InChI is InChI=1S/C17H25NO3/c1-19-12-11-18-13-14-7-6-10-16(20-2)17(14)21-15-8-4-3-5-9-15/h4,6-8,10,15,18H,3,5,9,11-13H2,1-2H3. The fourth-order valence-electron chi connectivity index (χ4n) is 2.42. The van der Waals surface area contributed by atoms with Crippen LogP contribution >= 0.6 is 0 Å². The van der Waals surface area contributed by atoms with Gasteiger partial charge in [-0.25, -0.2) is 0 Å². The zero-order valence-electron chi connectivity index (χ0n) is 12.9. The van der Waals surface area contributed by atoms with Crippen LogP contribution < -0.4 is 14.8 Å². The van der Waals surface area contributed by atoms with Gasteiger partial charge in [0.1, 0.15) is 6.10 Å². The normalized spacial score (nSPS) is 17.7. The molecule has 1 aliphatic carbocycles. The second-order valence-electron chi connectivity index (χ2n) is 5.13. The Hall–Kier alpha value is -1.52. The van der Waals surface area contributed by atoms with E-state index in [0.717, 1.165) is 43.0 Å². The maximum absolute atomic E-state index is 6.18. The van der Waals surface area contributed by atoms with Crippen molar-refractivity contribution in [2.45, 2.75) is 31.9 Å². The van der Waals surface area contributed by atoms with Gasteiger partial charge in [-0.15, -0.1) is 0 Å². The third-order valence-corrected chi connectivity index (χ3v) is 3.56. The van der Waals surface area contributed by atoms with Crippen molar-refractivity contribution >= 4 is 0 Å². The van der Waals surface area contributed by atoms with Gasteiger partial charge in [-0.1, -0.05) is 18.2 Å². The van der Waals surface area contributed by atoms with Crippen LogP contribution in [0, 0.1) is 0 Å². The van der Waals surface area contributed by atoms with E-state index in [-0.39, 0.29) is 6.10 Å². The topological polar surface area (TPSA) is 39.7 Å². The molecular formula is C17H25NO3. The number of allylic oxidation sites excluding steroid dienone is 1. The Bertz CT molecular complexity index is 459. The van der Waals surface area contributed by atoms with Gasteiger partial charge in [0.25, 0.3) is 0 Å². The highest BCUT2D eigenvalue weighted by Crippen LogP contribution is 2.33. The summed E-state index contributed by atoms with van der Waals surface area (Å²) >= 11 is 0. The summed E-state index contributed by atoms with van der Waals surface area (Å²) in [5.41, 5.74) is 1.12. The summed E-state index contributed by atoms with van der Waals surface area (Å²) in [4.78, 5) is 0. The Morgan fingerprint density at radius 2 is 2.19 bits per heavy atom. The van der Waals surface area contributed by atoms with E-state index < -0.39 is 0 Å². The molecule has 21 heavy (non-hydrogen) atoms. The van der Waals surface area contributed by atoms with Gasteiger partial charge in [0.15, 0.2) is 11.5 Å². The van der Waals surface area contributed by atoms with Gasteiger partial charge >= 0.3 is 0 Å². The lowest BCUT2D eigenvalue weighted by atomic mass is 10.1. The molecular weight excluding hydrogens is 266 g/mol. The van der Waals surface area contributed by atoms with Crippen LogP contribution in [0.5, 0.6) is 11.5 Å². The fourth-order valence-corrected chi connectivity index (χ4v) is 2.42. The summed E-state index contributed by atoms with van der Waals surface area (Å²) in [5.74, 6) is 1.64. The van der Waals surface area contributed by atoms with E-state index in [1.54, 1.807) is 14.2 Å². The van der Waals surface area contributed by atoms with Gasteiger partial charge in [0, 0.05) is 25.8 Å². The van der Waals surface area contributed by atoms with Crippen molar-refractivity contribution < 1.29 is 14.2 Å². The number of hydrogen-bond acceptors (Lipinski definition) is 4. The zero-order valence-corrected chi connectivity index (χ0v) is 12.9. The average molecular weight is 291 g/mol.